The Morgan fingerprint density at radius 3 is 1.95 bits per heavy atom. The average Bonchev–Trinajstić information content (AvgIpc) is 2.84. The maximum Gasteiger partial charge on any atom is 0.326 e. The molecule has 8 N–H and O–H groups in total. The van der Waals surface area contributed by atoms with Crippen LogP contribution in [0.25, 0.3) is 0 Å². The summed E-state index contributed by atoms with van der Waals surface area (Å²) in [6.45, 7) is 3.69. The lowest BCUT2D eigenvalue weighted by molar-refractivity contribution is -0.143. The molecule has 3 amide bonds. The fourth-order valence-corrected chi connectivity index (χ4v) is 4.00. The number of carboxylic acid groups (broad SMARTS) is 2. The van der Waals surface area contributed by atoms with Gasteiger partial charge in [0.2, 0.25) is 17.7 Å². The lowest BCUT2D eigenvalue weighted by atomic mass is 10.0. The van der Waals surface area contributed by atoms with Gasteiger partial charge in [0.15, 0.2) is 0 Å². The highest BCUT2D eigenvalue weighted by atomic mass is 32.2. The van der Waals surface area contributed by atoms with Crippen LogP contribution < -0.4 is 21.7 Å². The number of nitrogens with one attached hydrogen (secondary N) is 3. The summed E-state index contributed by atoms with van der Waals surface area (Å²) >= 11 is 1.53. The fraction of sp³-hybridized carbons (Fsp3) is 0.560. The third kappa shape index (κ3) is 12.3. The van der Waals surface area contributed by atoms with Crippen LogP contribution in [-0.4, -0.2) is 81.2 Å². The minimum Gasteiger partial charge on any atom is -0.508 e. The highest BCUT2D eigenvalue weighted by molar-refractivity contribution is 7.98. The average molecular weight is 555 g/mol. The largest absolute Gasteiger partial charge is 0.508 e. The SMILES string of the molecule is CSCCC(N)C(=O)NC(CC(C)C)C(=O)NC(CCC(=O)O)C(=O)NC(Cc1ccc(O)cc1)C(=O)O. The van der Waals surface area contributed by atoms with Crippen LogP contribution in [0.5, 0.6) is 5.75 Å². The molecule has 0 heterocycles. The molecule has 1 aromatic rings. The fourth-order valence-electron chi connectivity index (χ4n) is 3.51. The molecule has 13 heteroatoms. The van der Waals surface area contributed by atoms with E-state index in [1.807, 2.05) is 20.1 Å². The summed E-state index contributed by atoms with van der Waals surface area (Å²) < 4.78 is 0. The lowest BCUT2D eigenvalue weighted by Gasteiger charge is -2.26. The Kier molecular flexibility index (Phi) is 14.2. The van der Waals surface area contributed by atoms with Crippen LogP contribution in [0.15, 0.2) is 24.3 Å². The maximum absolute atomic E-state index is 13.1. The number of hydrogen-bond donors (Lipinski definition) is 7. The van der Waals surface area contributed by atoms with Crippen LogP contribution in [0.3, 0.4) is 0 Å². The molecule has 0 aliphatic rings. The molecular weight excluding hydrogens is 516 g/mol. The van der Waals surface area contributed by atoms with Crippen LogP contribution in [0.1, 0.15) is 45.1 Å². The first-order valence-electron chi connectivity index (χ1n) is 12.2. The van der Waals surface area contributed by atoms with E-state index in [1.54, 1.807) is 0 Å². The number of hydrogen-bond acceptors (Lipinski definition) is 8. The second-order valence-corrected chi connectivity index (χ2v) is 10.3. The zero-order chi connectivity index (χ0) is 28.8. The van der Waals surface area contributed by atoms with E-state index in [1.165, 1.54) is 36.0 Å². The summed E-state index contributed by atoms with van der Waals surface area (Å²) in [5, 5.41) is 35.6. The molecule has 0 fully saturated rings. The van der Waals surface area contributed by atoms with Gasteiger partial charge in [0.05, 0.1) is 6.04 Å². The molecule has 1 aromatic carbocycles. The number of aliphatic carboxylic acids is 2. The van der Waals surface area contributed by atoms with Crippen LogP contribution in [0.4, 0.5) is 0 Å². The summed E-state index contributed by atoms with van der Waals surface area (Å²) in [5.41, 5.74) is 6.44. The van der Waals surface area contributed by atoms with Crippen molar-refractivity contribution in [2.45, 2.75) is 70.1 Å². The quantitative estimate of drug-likeness (QED) is 0.141. The molecule has 1 rings (SSSR count). The van der Waals surface area contributed by atoms with E-state index >= 15 is 0 Å². The van der Waals surface area contributed by atoms with Gasteiger partial charge in [-0.25, -0.2) is 4.79 Å². The third-order valence-corrected chi connectivity index (χ3v) is 6.22. The van der Waals surface area contributed by atoms with Gasteiger partial charge in [-0.05, 0) is 54.9 Å². The lowest BCUT2D eigenvalue weighted by Crippen LogP contribution is -2.57. The number of carboxylic acids is 2. The maximum atomic E-state index is 13.1. The standard InChI is InChI=1S/C25H38N4O8S/c1-14(2)12-19(28-22(33)17(26)10-11-38-3)24(35)27-18(8-9-21(31)32)23(34)29-20(25(36)37)13-15-4-6-16(30)7-5-15/h4-7,14,17-20,30H,8-13,26H2,1-3H3,(H,27,35)(H,28,33)(H,29,34)(H,31,32)(H,36,37). The number of carbonyl (C=O) groups excluding carboxylic acids is 3. The summed E-state index contributed by atoms with van der Waals surface area (Å²) in [7, 11) is 0. The van der Waals surface area contributed by atoms with E-state index < -0.39 is 60.2 Å². The van der Waals surface area contributed by atoms with Gasteiger partial charge in [0.1, 0.15) is 23.9 Å². The summed E-state index contributed by atoms with van der Waals surface area (Å²) in [4.78, 5) is 61.6. The third-order valence-electron chi connectivity index (χ3n) is 5.58. The van der Waals surface area contributed by atoms with Crippen molar-refractivity contribution in [3.8, 4) is 5.75 Å². The van der Waals surface area contributed by atoms with Gasteiger partial charge < -0.3 is 37.0 Å². The van der Waals surface area contributed by atoms with Crippen molar-refractivity contribution in [3.63, 3.8) is 0 Å². The van der Waals surface area contributed by atoms with Crippen molar-refractivity contribution in [1.82, 2.24) is 16.0 Å². The van der Waals surface area contributed by atoms with Gasteiger partial charge in [-0.15, -0.1) is 0 Å². The van der Waals surface area contributed by atoms with Crippen molar-refractivity contribution in [3.05, 3.63) is 29.8 Å². The molecule has 0 spiro atoms. The van der Waals surface area contributed by atoms with Gasteiger partial charge in [-0.3, -0.25) is 19.2 Å². The number of nitrogens with two attached hydrogens (primary N) is 1. The molecule has 4 unspecified atom stereocenters. The first-order valence-corrected chi connectivity index (χ1v) is 13.6. The van der Waals surface area contributed by atoms with Crippen LogP contribution in [0, 0.1) is 5.92 Å². The van der Waals surface area contributed by atoms with Crippen molar-refractivity contribution >= 4 is 41.4 Å². The highest BCUT2D eigenvalue weighted by Gasteiger charge is 2.31. The van der Waals surface area contributed by atoms with Gasteiger partial charge >= 0.3 is 11.9 Å². The Balaban J connectivity index is 3.03. The minimum atomic E-state index is -1.38. The monoisotopic (exact) mass is 554 g/mol. The molecule has 0 radical (unpaired) electrons. The zero-order valence-corrected chi connectivity index (χ0v) is 22.6. The van der Waals surface area contributed by atoms with E-state index in [2.05, 4.69) is 16.0 Å². The molecule has 0 aliphatic carbocycles. The smallest absolute Gasteiger partial charge is 0.326 e. The van der Waals surface area contributed by atoms with Crippen LogP contribution in [0.2, 0.25) is 0 Å². The van der Waals surface area contributed by atoms with Crippen molar-refractivity contribution in [1.29, 1.82) is 0 Å². The molecule has 0 aliphatic heterocycles. The zero-order valence-electron chi connectivity index (χ0n) is 21.8. The first kappa shape index (κ1) is 32.7. The number of benzene rings is 1. The number of aromatic hydroxyl groups is 1. The van der Waals surface area contributed by atoms with Gasteiger partial charge in [-0.1, -0.05) is 26.0 Å². The topological polar surface area (TPSA) is 208 Å². The van der Waals surface area contributed by atoms with Crippen molar-refractivity contribution in [2.24, 2.45) is 11.7 Å². The normalized spacial score (nSPS) is 14.1. The molecule has 0 saturated heterocycles. The minimum absolute atomic E-state index is 0.00522. The van der Waals surface area contributed by atoms with E-state index in [0.717, 1.165) is 0 Å². The summed E-state index contributed by atoms with van der Waals surface area (Å²) in [5.74, 6) is -4.01. The highest BCUT2D eigenvalue weighted by Crippen LogP contribution is 2.12. The van der Waals surface area contributed by atoms with E-state index in [9.17, 15) is 34.2 Å². The number of amides is 3. The second kappa shape index (κ2) is 16.5. The number of phenolic OH excluding ortho intramolecular Hbond substituents is 1. The van der Waals surface area contributed by atoms with Crippen LogP contribution >= 0.6 is 11.8 Å². The molecule has 0 aromatic heterocycles. The summed E-state index contributed by atoms with van der Waals surface area (Å²) in [6, 6.07) is 1.16. The molecule has 212 valence electrons. The van der Waals surface area contributed by atoms with E-state index in [4.69, 9.17) is 10.8 Å². The molecule has 4 atom stereocenters. The Bertz CT molecular complexity index is 957. The number of rotatable bonds is 17. The molecule has 0 saturated carbocycles. The van der Waals surface area contributed by atoms with Crippen molar-refractivity contribution in [2.75, 3.05) is 12.0 Å². The molecular formula is C25H38N4O8S. The number of phenols is 1. The first-order chi connectivity index (χ1) is 17.8. The Hall–Kier alpha value is -3.32. The van der Waals surface area contributed by atoms with Gasteiger partial charge in [0.25, 0.3) is 0 Å². The number of carbonyl (C=O) groups is 5. The summed E-state index contributed by atoms with van der Waals surface area (Å²) in [6.07, 6.45) is 1.65. The predicted octanol–water partition coefficient (Wildman–Crippen LogP) is 0.465. The second-order valence-electron chi connectivity index (χ2n) is 9.34. The van der Waals surface area contributed by atoms with Gasteiger partial charge in [-0.2, -0.15) is 11.8 Å². The van der Waals surface area contributed by atoms with E-state index in [0.29, 0.717) is 17.7 Å². The predicted molar refractivity (Wildman–Crippen MR) is 143 cm³/mol. The Morgan fingerprint density at radius 2 is 1.42 bits per heavy atom. The molecule has 0 bridgehead atoms. The molecule has 38 heavy (non-hydrogen) atoms. The van der Waals surface area contributed by atoms with Crippen molar-refractivity contribution < 1.29 is 39.3 Å². The van der Waals surface area contributed by atoms with Crippen LogP contribution in [-0.2, 0) is 30.4 Å². The van der Waals surface area contributed by atoms with E-state index in [-0.39, 0.29) is 30.9 Å². The number of thioether (sulfide) groups is 1. The van der Waals surface area contributed by atoms with Gasteiger partial charge in [0, 0.05) is 12.8 Å². The Morgan fingerprint density at radius 1 is 0.868 bits per heavy atom. The Labute approximate surface area is 226 Å². The molecule has 12 nitrogen and oxygen atoms in total.